The van der Waals surface area contributed by atoms with Gasteiger partial charge in [-0.05, 0) is 61.4 Å². The first-order valence-electron chi connectivity index (χ1n) is 9.20. The van der Waals surface area contributed by atoms with Crippen molar-refractivity contribution in [3.8, 4) is 11.4 Å². The van der Waals surface area contributed by atoms with Gasteiger partial charge in [-0.1, -0.05) is 21.1 Å². The van der Waals surface area contributed by atoms with Crippen molar-refractivity contribution in [3.05, 3.63) is 64.5 Å². The lowest BCUT2D eigenvalue weighted by molar-refractivity contribution is 0.0600. The summed E-state index contributed by atoms with van der Waals surface area (Å²) in [7, 11) is -2.53. The van der Waals surface area contributed by atoms with Crippen molar-refractivity contribution in [3.63, 3.8) is 0 Å². The van der Waals surface area contributed by atoms with Gasteiger partial charge in [0, 0.05) is 16.6 Å². The molecule has 1 fully saturated rings. The van der Waals surface area contributed by atoms with Gasteiger partial charge in [-0.3, -0.25) is 0 Å². The molecule has 0 radical (unpaired) electrons. The van der Waals surface area contributed by atoms with E-state index in [1.54, 1.807) is 0 Å². The van der Waals surface area contributed by atoms with Crippen molar-refractivity contribution in [1.29, 1.82) is 0 Å². The molecule has 8 nitrogen and oxygen atoms in total. The van der Waals surface area contributed by atoms with Crippen LogP contribution in [0.1, 0.15) is 35.1 Å². The number of nitrogens with zero attached hydrogens (tertiary/aromatic N) is 3. The fraction of sp³-hybridized carbons (Fsp3) is 0.250. The topological polar surface area (TPSA) is 103 Å². The Morgan fingerprint density at radius 1 is 1.17 bits per heavy atom. The molecule has 2 heterocycles. The molecule has 2 aromatic carbocycles. The normalized spacial score (nSPS) is 17.2. The highest BCUT2D eigenvalue weighted by atomic mass is 79.9. The Kier molecular flexibility index (Phi) is 5.72. The molecule has 3 aromatic rings. The van der Waals surface area contributed by atoms with Gasteiger partial charge in [0.15, 0.2) is 0 Å². The number of halogens is 1. The SMILES string of the molecule is COC(=O)c1ccc(S(=O)(=O)N2CCCC2c2nc(-c3ccc(Br)cc3)no2)cc1. The number of benzene rings is 2. The predicted octanol–water partition coefficient (Wildman–Crippen LogP) is 3.81. The van der Waals surface area contributed by atoms with Crippen LogP contribution in [0.3, 0.4) is 0 Å². The minimum atomic E-state index is -3.80. The zero-order chi connectivity index (χ0) is 21.3. The summed E-state index contributed by atoms with van der Waals surface area (Å²) in [4.78, 5) is 16.1. The monoisotopic (exact) mass is 491 g/mol. The van der Waals surface area contributed by atoms with E-state index in [0.717, 1.165) is 10.0 Å². The van der Waals surface area contributed by atoms with Crippen LogP contribution in [0.5, 0.6) is 0 Å². The summed E-state index contributed by atoms with van der Waals surface area (Å²) in [5.74, 6) is 0.147. The van der Waals surface area contributed by atoms with E-state index in [-0.39, 0.29) is 16.3 Å². The van der Waals surface area contributed by atoms with Crippen LogP contribution in [0.4, 0.5) is 0 Å². The fourth-order valence-corrected chi connectivity index (χ4v) is 5.29. The van der Waals surface area contributed by atoms with Crippen molar-refractivity contribution in [2.24, 2.45) is 0 Å². The van der Waals surface area contributed by atoms with Crippen LogP contribution in [0.15, 0.2) is 62.4 Å². The molecule has 30 heavy (non-hydrogen) atoms. The van der Waals surface area contributed by atoms with Gasteiger partial charge >= 0.3 is 5.97 Å². The second kappa shape index (κ2) is 8.29. The minimum Gasteiger partial charge on any atom is -0.465 e. The Balaban J connectivity index is 1.60. The van der Waals surface area contributed by atoms with E-state index in [1.807, 2.05) is 24.3 Å². The molecule has 0 spiro atoms. The van der Waals surface area contributed by atoms with Crippen molar-refractivity contribution in [2.45, 2.75) is 23.8 Å². The van der Waals surface area contributed by atoms with E-state index in [9.17, 15) is 13.2 Å². The van der Waals surface area contributed by atoms with Gasteiger partial charge in [-0.25, -0.2) is 13.2 Å². The third-order valence-electron chi connectivity index (χ3n) is 4.91. The molecule has 156 valence electrons. The predicted molar refractivity (Wildman–Crippen MR) is 111 cm³/mol. The summed E-state index contributed by atoms with van der Waals surface area (Å²) in [6.45, 7) is 0.349. The van der Waals surface area contributed by atoms with Crippen LogP contribution in [0, 0.1) is 0 Å². The molecule has 0 N–H and O–H groups in total. The summed E-state index contributed by atoms with van der Waals surface area (Å²) >= 11 is 3.38. The van der Waals surface area contributed by atoms with Crippen LogP contribution >= 0.6 is 15.9 Å². The molecule has 1 aliphatic rings. The molecule has 1 atom stereocenters. The number of methoxy groups -OCH3 is 1. The van der Waals surface area contributed by atoms with E-state index in [4.69, 9.17) is 4.52 Å². The number of aromatic nitrogens is 2. The lowest BCUT2D eigenvalue weighted by atomic mass is 10.2. The van der Waals surface area contributed by atoms with Crippen molar-refractivity contribution >= 4 is 31.9 Å². The largest absolute Gasteiger partial charge is 0.465 e. The molecule has 1 aromatic heterocycles. The molecule has 0 saturated carbocycles. The van der Waals surface area contributed by atoms with Gasteiger partial charge in [0.1, 0.15) is 6.04 Å². The molecule has 0 bridgehead atoms. The first-order valence-corrected chi connectivity index (χ1v) is 11.4. The third-order valence-corrected chi connectivity index (χ3v) is 7.37. The number of rotatable bonds is 5. The molecular weight excluding hydrogens is 474 g/mol. The number of carbonyl (C=O) groups is 1. The number of sulfonamides is 1. The van der Waals surface area contributed by atoms with E-state index in [2.05, 4.69) is 30.8 Å². The van der Waals surface area contributed by atoms with Crippen molar-refractivity contribution < 1.29 is 22.5 Å². The molecule has 1 aliphatic heterocycles. The highest BCUT2D eigenvalue weighted by Crippen LogP contribution is 2.36. The van der Waals surface area contributed by atoms with Gasteiger partial charge in [0.2, 0.25) is 21.7 Å². The molecule has 10 heteroatoms. The number of carbonyl (C=O) groups excluding carboxylic acids is 1. The summed E-state index contributed by atoms with van der Waals surface area (Å²) < 4.78 is 38.8. The number of ether oxygens (including phenoxy) is 1. The van der Waals surface area contributed by atoms with Gasteiger partial charge in [-0.15, -0.1) is 0 Å². The molecule has 1 saturated heterocycles. The van der Waals surface area contributed by atoms with Gasteiger partial charge in [0.25, 0.3) is 0 Å². The van der Waals surface area contributed by atoms with Crippen molar-refractivity contribution in [1.82, 2.24) is 14.4 Å². The average molecular weight is 492 g/mol. The second-order valence-electron chi connectivity index (χ2n) is 6.75. The van der Waals surface area contributed by atoms with Crippen LogP contribution in [0.2, 0.25) is 0 Å². The summed E-state index contributed by atoms with van der Waals surface area (Å²) in [6.07, 6.45) is 1.27. The quantitative estimate of drug-likeness (QED) is 0.499. The van der Waals surface area contributed by atoms with Gasteiger partial charge < -0.3 is 9.26 Å². The molecule has 0 aliphatic carbocycles. The van der Waals surface area contributed by atoms with E-state index < -0.39 is 22.0 Å². The van der Waals surface area contributed by atoms with E-state index in [1.165, 1.54) is 35.7 Å². The first-order chi connectivity index (χ1) is 14.4. The van der Waals surface area contributed by atoms with E-state index >= 15 is 0 Å². The maximum atomic E-state index is 13.2. The van der Waals surface area contributed by atoms with Crippen LogP contribution in [-0.2, 0) is 14.8 Å². The molecule has 4 rings (SSSR count). The second-order valence-corrected chi connectivity index (χ2v) is 9.56. The number of esters is 1. The Bertz CT molecular complexity index is 1160. The summed E-state index contributed by atoms with van der Waals surface area (Å²) in [6, 6.07) is 12.6. The summed E-state index contributed by atoms with van der Waals surface area (Å²) in [5.41, 5.74) is 1.06. The maximum Gasteiger partial charge on any atom is 0.337 e. The summed E-state index contributed by atoms with van der Waals surface area (Å²) in [5, 5.41) is 4.02. The fourth-order valence-electron chi connectivity index (χ4n) is 3.38. The standard InChI is InChI=1S/C20H18BrN3O5S/c1-28-20(25)14-6-10-16(11-7-14)30(26,27)24-12-2-3-17(24)19-22-18(23-29-19)13-4-8-15(21)9-5-13/h4-11,17H,2-3,12H2,1H3. The Morgan fingerprint density at radius 2 is 1.87 bits per heavy atom. The zero-order valence-electron chi connectivity index (χ0n) is 16.0. The van der Waals surface area contributed by atoms with Gasteiger partial charge in [0.05, 0.1) is 17.6 Å². The highest BCUT2D eigenvalue weighted by Gasteiger charge is 2.39. The third kappa shape index (κ3) is 3.90. The lowest BCUT2D eigenvalue weighted by Gasteiger charge is -2.21. The highest BCUT2D eigenvalue weighted by molar-refractivity contribution is 9.10. The number of hydrogen-bond acceptors (Lipinski definition) is 7. The van der Waals surface area contributed by atoms with Crippen LogP contribution in [-0.4, -0.2) is 42.5 Å². The van der Waals surface area contributed by atoms with Crippen LogP contribution < -0.4 is 0 Å². The van der Waals surface area contributed by atoms with Crippen LogP contribution in [0.25, 0.3) is 11.4 Å². The van der Waals surface area contributed by atoms with Gasteiger partial charge in [-0.2, -0.15) is 9.29 Å². The van der Waals surface area contributed by atoms with E-state index in [0.29, 0.717) is 25.2 Å². The Hall–Kier alpha value is -2.56. The smallest absolute Gasteiger partial charge is 0.337 e. The first kappa shape index (κ1) is 20.7. The average Bonchev–Trinajstić information content (AvgIpc) is 3.43. The Morgan fingerprint density at radius 3 is 2.53 bits per heavy atom. The molecule has 0 amide bonds. The maximum absolute atomic E-state index is 13.2. The van der Waals surface area contributed by atoms with Crippen molar-refractivity contribution in [2.75, 3.05) is 13.7 Å². The molecule has 1 unspecified atom stereocenters. The molecular formula is C20H18BrN3O5S. The minimum absolute atomic E-state index is 0.0923. The zero-order valence-corrected chi connectivity index (χ0v) is 18.4. The number of hydrogen-bond donors (Lipinski definition) is 0. The Labute approximate surface area is 182 Å². The lowest BCUT2D eigenvalue weighted by Crippen LogP contribution is -2.30.